The third-order valence-corrected chi connectivity index (χ3v) is 3.95. The summed E-state index contributed by atoms with van der Waals surface area (Å²) < 4.78 is 14.5. The maximum absolute atomic E-state index is 13.7. The molecule has 0 aromatic heterocycles. The van der Waals surface area contributed by atoms with Gasteiger partial charge in [0.15, 0.2) is 0 Å². The van der Waals surface area contributed by atoms with Crippen LogP contribution in [0.3, 0.4) is 0 Å². The lowest BCUT2D eigenvalue weighted by Crippen LogP contribution is -2.29. The van der Waals surface area contributed by atoms with Crippen molar-refractivity contribution in [3.63, 3.8) is 0 Å². The van der Waals surface area contributed by atoms with Crippen LogP contribution in [-0.2, 0) is 6.54 Å². The fraction of sp³-hybridized carbons (Fsp3) is 0.538. The van der Waals surface area contributed by atoms with Crippen LogP contribution in [0.2, 0.25) is 0 Å². The zero-order valence-electron chi connectivity index (χ0n) is 10.00. The Hall–Kier alpha value is -0.450. The SMILES string of the molecule is CC(N)C1CCN(Cc2ccc(Br)cc2F)C1. The predicted molar refractivity (Wildman–Crippen MR) is 71.1 cm³/mol. The molecular weight excluding hydrogens is 283 g/mol. The van der Waals surface area contributed by atoms with Crippen molar-refractivity contribution in [2.24, 2.45) is 11.7 Å². The smallest absolute Gasteiger partial charge is 0.128 e. The van der Waals surface area contributed by atoms with Gasteiger partial charge in [0.25, 0.3) is 0 Å². The number of nitrogens with two attached hydrogens (primary N) is 1. The summed E-state index contributed by atoms with van der Waals surface area (Å²) in [7, 11) is 0. The first-order valence-electron chi connectivity index (χ1n) is 5.98. The molecule has 2 N–H and O–H groups in total. The first kappa shape index (κ1) is 13.0. The number of benzene rings is 1. The monoisotopic (exact) mass is 300 g/mol. The molecule has 0 radical (unpaired) electrons. The van der Waals surface area contributed by atoms with E-state index in [1.165, 1.54) is 6.07 Å². The summed E-state index contributed by atoms with van der Waals surface area (Å²) in [5, 5.41) is 0. The number of halogens is 2. The topological polar surface area (TPSA) is 29.3 Å². The van der Waals surface area contributed by atoms with Crippen molar-refractivity contribution in [2.45, 2.75) is 25.9 Å². The Kier molecular flexibility index (Phi) is 4.17. The molecule has 2 nitrogen and oxygen atoms in total. The van der Waals surface area contributed by atoms with Gasteiger partial charge in [0.2, 0.25) is 0 Å². The van der Waals surface area contributed by atoms with Crippen molar-refractivity contribution >= 4 is 15.9 Å². The average Bonchev–Trinajstić information content (AvgIpc) is 2.71. The lowest BCUT2D eigenvalue weighted by molar-refractivity contribution is 0.304. The van der Waals surface area contributed by atoms with Crippen molar-refractivity contribution in [3.8, 4) is 0 Å². The van der Waals surface area contributed by atoms with Gasteiger partial charge in [0, 0.05) is 29.2 Å². The van der Waals surface area contributed by atoms with Crippen LogP contribution in [0.25, 0.3) is 0 Å². The molecule has 0 saturated carbocycles. The lowest BCUT2D eigenvalue weighted by atomic mass is 10.0. The molecule has 1 heterocycles. The summed E-state index contributed by atoms with van der Waals surface area (Å²) in [6.07, 6.45) is 1.12. The maximum Gasteiger partial charge on any atom is 0.128 e. The fourth-order valence-electron chi connectivity index (χ4n) is 2.33. The van der Waals surface area contributed by atoms with Crippen molar-refractivity contribution in [1.82, 2.24) is 4.90 Å². The molecule has 0 spiro atoms. The van der Waals surface area contributed by atoms with Gasteiger partial charge in [-0.05, 0) is 37.9 Å². The Labute approximate surface area is 110 Å². The maximum atomic E-state index is 13.7. The van der Waals surface area contributed by atoms with E-state index in [9.17, 15) is 4.39 Å². The number of nitrogens with zero attached hydrogens (tertiary/aromatic N) is 1. The third-order valence-electron chi connectivity index (χ3n) is 3.46. The Balaban J connectivity index is 1.98. The first-order valence-corrected chi connectivity index (χ1v) is 6.77. The number of likely N-dealkylation sites (tertiary alicyclic amines) is 1. The highest BCUT2D eigenvalue weighted by atomic mass is 79.9. The van der Waals surface area contributed by atoms with Gasteiger partial charge in [-0.15, -0.1) is 0 Å². The van der Waals surface area contributed by atoms with Crippen molar-refractivity contribution in [2.75, 3.05) is 13.1 Å². The molecule has 1 aromatic carbocycles. The zero-order chi connectivity index (χ0) is 12.4. The summed E-state index contributed by atoms with van der Waals surface area (Å²) in [5.41, 5.74) is 6.66. The Bertz CT molecular complexity index is 395. The summed E-state index contributed by atoms with van der Waals surface area (Å²) >= 11 is 3.27. The second kappa shape index (κ2) is 5.46. The van der Waals surface area contributed by atoms with Gasteiger partial charge in [-0.3, -0.25) is 4.90 Å². The molecule has 1 aliphatic heterocycles. The molecule has 2 unspecified atom stereocenters. The molecule has 0 amide bonds. The van der Waals surface area contributed by atoms with E-state index in [-0.39, 0.29) is 11.9 Å². The molecule has 94 valence electrons. The molecule has 0 aliphatic carbocycles. The van der Waals surface area contributed by atoms with Crippen LogP contribution >= 0.6 is 15.9 Å². The second-order valence-corrected chi connectivity index (χ2v) is 5.79. The average molecular weight is 301 g/mol. The van der Waals surface area contributed by atoms with Crippen LogP contribution in [0.4, 0.5) is 4.39 Å². The van der Waals surface area contributed by atoms with Gasteiger partial charge in [0.1, 0.15) is 5.82 Å². The summed E-state index contributed by atoms with van der Waals surface area (Å²) in [6.45, 7) is 4.73. The van der Waals surface area contributed by atoms with Gasteiger partial charge in [0.05, 0.1) is 0 Å². The number of hydrogen-bond donors (Lipinski definition) is 1. The first-order chi connectivity index (χ1) is 8.06. The van der Waals surface area contributed by atoms with Crippen LogP contribution < -0.4 is 5.73 Å². The highest BCUT2D eigenvalue weighted by Gasteiger charge is 2.25. The normalized spacial score (nSPS) is 22.9. The minimum atomic E-state index is -0.136. The van der Waals surface area contributed by atoms with Gasteiger partial charge in [-0.25, -0.2) is 4.39 Å². The van der Waals surface area contributed by atoms with Crippen LogP contribution in [0.15, 0.2) is 22.7 Å². The van der Waals surface area contributed by atoms with E-state index >= 15 is 0 Å². The van der Waals surface area contributed by atoms with Gasteiger partial charge in [-0.1, -0.05) is 22.0 Å². The van der Waals surface area contributed by atoms with Crippen molar-refractivity contribution in [3.05, 3.63) is 34.1 Å². The van der Waals surface area contributed by atoms with E-state index in [1.807, 2.05) is 19.1 Å². The molecule has 1 fully saturated rings. The zero-order valence-corrected chi connectivity index (χ0v) is 11.6. The fourth-order valence-corrected chi connectivity index (χ4v) is 2.66. The summed E-state index contributed by atoms with van der Waals surface area (Å²) in [5.74, 6) is 0.414. The molecule has 2 rings (SSSR count). The molecule has 1 saturated heterocycles. The van der Waals surface area contributed by atoms with Crippen molar-refractivity contribution in [1.29, 1.82) is 0 Å². The summed E-state index contributed by atoms with van der Waals surface area (Å²) in [6, 6.07) is 5.49. The molecule has 17 heavy (non-hydrogen) atoms. The Morgan fingerprint density at radius 3 is 2.94 bits per heavy atom. The molecule has 2 atom stereocenters. The second-order valence-electron chi connectivity index (χ2n) is 4.88. The standard InChI is InChI=1S/C13H18BrFN2/c1-9(16)10-4-5-17(7-10)8-11-2-3-12(14)6-13(11)15/h2-3,6,9-10H,4-5,7-8,16H2,1H3. The number of hydrogen-bond acceptors (Lipinski definition) is 2. The highest BCUT2D eigenvalue weighted by molar-refractivity contribution is 9.10. The molecule has 1 aliphatic rings. The van der Waals surface area contributed by atoms with E-state index in [0.29, 0.717) is 12.5 Å². The summed E-state index contributed by atoms with van der Waals surface area (Å²) in [4.78, 5) is 2.28. The predicted octanol–water partition coefficient (Wildman–Crippen LogP) is 2.76. The lowest BCUT2D eigenvalue weighted by Gasteiger charge is -2.18. The molecule has 4 heteroatoms. The molecule has 0 bridgehead atoms. The Morgan fingerprint density at radius 1 is 1.59 bits per heavy atom. The van der Waals surface area contributed by atoms with Crippen molar-refractivity contribution < 1.29 is 4.39 Å². The van der Waals surface area contributed by atoms with Gasteiger partial charge >= 0.3 is 0 Å². The van der Waals surface area contributed by atoms with Crippen LogP contribution in [0.1, 0.15) is 18.9 Å². The quantitative estimate of drug-likeness (QED) is 0.930. The van der Waals surface area contributed by atoms with Crippen LogP contribution in [0.5, 0.6) is 0 Å². The largest absolute Gasteiger partial charge is 0.328 e. The van der Waals surface area contributed by atoms with Gasteiger partial charge < -0.3 is 5.73 Å². The molecule has 1 aromatic rings. The van der Waals surface area contributed by atoms with E-state index in [2.05, 4.69) is 20.8 Å². The minimum Gasteiger partial charge on any atom is -0.328 e. The van der Waals surface area contributed by atoms with E-state index in [4.69, 9.17) is 5.73 Å². The van der Waals surface area contributed by atoms with E-state index in [0.717, 1.165) is 29.5 Å². The minimum absolute atomic E-state index is 0.136. The van der Waals surface area contributed by atoms with Crippen LogP contribution in [-0.4, -0.2) is 24.0 Å². The highest BCUT2D eigenvalue weighted by Crippen LogP contribution is 2.22. The third kappa shape index (κ3) is 3.27. The van der Waals surface area contributed by atoms with Gasteiger partial charge in [-0.2, -0.15) is 0 Å². The number of rotatable bonds is 3. The molecular formula is C13H18BrFN2. The Morgan fingerprint density at radius 2 is 2.35 bits per heavy atom. The van der Waals surface area contributed by atoms with Crippen LogP contribution in [0, 0.1) is 11.7 Å². The van der Waals surface area contributed by atoms with E-state index < -0.39 is 0 Å². The van der Waals surface area contributed by atoms with E-state index in [1.54, 1.807) is 0 Å².